The number of nitrogens with one attached hydrogen (secondary N) is 1. The molecule has 1 aromatic carbocycles. The zero-order chi connectivity index (χ0) is 15.6. The third-order valence-electron chi connectivity index (χ3n) is 2.58. The molecule has 0 radical (unpaired) electrons. The standard InChI is InChI=1S/C12H12F3N3O3/c1-20-5-7(16)10(19)17-6-2-3-9-8(4-6)18-11(21-9)12(13,14)15/h2-4,7H,5,16H2,1H3,(H,17,19). The molecule has 0 saturated carbocycles. The first-order chi connectivity index (χ1) is 9.81. The molecule has 1 aromatic heterocycles. The summed E-state index contributed by atoms with van der Waals surface area (Å²) in [5, 5.41) is 2.46. The van der Waals surface area contributed by atoms with Crippen LogP contribution in [-0.4, -0.2) is 30.6 Å². The summed E-state index contributed by atoms with van der Waals surface area (Å²) in [6, 6.07) is 3.07. The van der Waals surface area contributed by atoms with Crippen molar-refractivity contribution in [1.82, 2.24) is 4.98 Å². The molecule has 0 aliphatic rings. The number of nitrogens with zero attached hydrogens (tertiary/aromatic N) is 1. The molecule has 114 valence electrons. The lowest BCUT2D eigenvalue weighted by Gasteiger charge is -2.10. The lowest BCUT2D eigenvalue weighted by molar-refractivity contribution is -0.156. The monoisotopic (exact) mass is 303 g/mol. The van der Waals surface area contributed by atoms with Crippen molar-refractivity contribution in [1.29, 1.82) is 0 Å². The van der Waals surface area contributed by atoms with Crippen molar-refractivity contribution in [3.8, 4) is 0 Å². The van der Waals surface area contributed by atoms with Crippen LogP contribution < -0.4 is 11.1 Å². The molecule has 1 atom stereocenters. The number of carbonyl (C=O) groups excluding carboxylic acids is 1. The topological polar surface area (TPSA) is 90.4 Å². The Labute approximate surface area is 117 Å². The Bertz CT molecular complexity index is 654. The Morgan fingerprint density at radius 1 is 1.52 bits per heavy atom. The summed E-state index contributed by atoms with van der Waals surface area (Å²) in [4.78, 5) is 15.0. The first-order valence-electron chi connectivity index (χ1n) is 5.84. The highest BCUT2D eigenvalue weighted by Gasteiger charge is 2.37. The van der Waals surface area contributed by atoms with Crippen LogP contribution in [0.1, 0.15) is 5.89 Å². The highest BCUT2D eigenvalue weighted by Crippen LogP contribution is 2.31. The third kappa shape index (κ3) is 3.50. The van der Waals surface area contributed by atoms with Gasteiger partial charge in [-0.2, -0.15) is 13.2 Å². The Morgan fingerprint density at radius 2 is 2.24 bits per heavy atom. The molecule has 0 fully saturated rings. The zero-order valence-electron chi connectivity index (χ0n) is 10.9. The van der Waals surface area contributed by atoms with Gasteiger partial charge in [-0.05, 0) is 18.2 Å². The van der Waals surface area contributed by atoms with E-state index in [2.05, 4.69) is 14.7 Å². The van der Waals surface area contributed by atoms with E-state index in [0.717, 1.165) is 0 Å². The average Bonchev–Trinajstić information content (AvgIpc) is 2.82. The molecule has 2 rings (SSSR count). The smallest absolute Gasteiger partial charge is 0.433 e. The maximum Gasteiger partial charge on any atom is 0.468 e. The molecule has 0 saturated heterocycles. The van der Waals surface area contributed by atoms with Crippen molar-refractivity contribution in [2.45, 2.75) is 12.2 Å². The molecule has 21 heavy (non-hydrogen) atoms. The van der Waals surface area contributed by atoms with Crippen LogP contribution in [0.3, 0.4) is 0 Å². The maximum absolute atomic E-state index is 12.5. The number of benzene rings is 1. The van der Waals surface area contributed by atoms with Gasteiger partial charge in [0.2, 0.25) is 5.91 Å². The molecule has 6 nitrogen and oxygen atoms in total. The molecule has 0 aliphatic carbocycles. The van der Waals surface area contributed by atoms with Crippen molar-refractivity contribution in [3.63, 3.8) is 0 Å². The minimum Gasteiger partial charge on any atom is -0.433 e. The largest absolute Gasteiger partial charge is 0.468 e. The van der Waals surface area contributed by atoms with E-state index in [9.17, 15) is 18.0 Å². The predicted octanol–water partition coefficient (Wildman–Crippen LogP) is 1.76. The zero-order valence-corrected chi connectivity index (χ0v) is 10.9. The van der Waals surface area contributed by atoms with Gasteiger partial charge >= 0.3 is 12.1 Å². The van der Waals surface area contributed by atoms with E-state index in [-0.39, 0.29) is 23.4 Å². The summed E-state index contributed by atoms with van der Waals surface area (Å²) in [5.41, 5.74) is 5.75. The fourth-order valence-corrected chi connectivity index (χ4v) is 1.62. The molecule has 1 unspecified atom stereocenters. The fourth-order valence-electron chi connectivity index (χ4n) is 1.62. The van der Waals surface area contributed by atoms with Crippen molar-refractivity contribution < 1.29 is 27.1 Å². The molecule has 0 spiro atoms. The molecule has 1 heterocycles. The number of hydrogen-bond acceptors (Lipinski definition) is 5. The molecular weight excluding hydrogens is 291 g/mol. The Hall–Kier alpha value is -2.13. The summed E-state index contributed by atoms with van der Waals surface area (Å²) in [7, 11) is 1.40. The van der Waals surface area contributed by atoms with Gasteiger partial charge in [-0.25, -0.2) is 4.98 Å². The van der Waals surface area contributed by atoms with Crippen LogP contribution in [0.5, 0.6) is 0 Å². The normalized spacial score (nSPS) is 13.4. The van der Waals surface area contributed by atoms with Gasteiger partial charge in [-0.3, -0.25) is 4.79 Å². The Kier molecular flexibility index (Phi) is 4.14. The molecule has 1 amide bonds. The van der Waals surface area contributed by atoms with E-state index in [1.54, 1.807) is 0 Å². The summed E-state index contributed by atoms with van der Waals surface area (Å²) < 4.78 is 46.7. The molecule has 3 N–H and O–H groups in total. The van der Waals surface area contributed by atoms with E-state index in [1.807, 2.05) is 0 Å². The summed E-state index contributed by atoms with van der Waals surface area (Å²) in [6.45, 7) is 0.0241. The van der Waals surface area contributed by atoms with E-state index < -0.39 is 24.0 Å². The lowest BCUT2D eigenvalue weighted by atomic mass is 10.2. The number of halogens is 3. The number of rotatable bonds is 4. The van der Waals surface area contributed by atoms with Crippen LogP contribution in [0.15, 0.2) is 22.6 Å². The third-order valence-corrected chi connectivity index (χ3v) is 2.58. The van der Waals surface area contributed by atoms with Gasteiger partial charge in [0.1, 0.15) is 11.6 Å². The number of ether oxygens (including phenoxy) is 1. The van der Waals surface area contributed by atoms with Crippen LogP contribution in [0.4, 0.5) is 18.9 Å². The highest BCUT2D eigenvalue weighted by atomic mass is 19.4. The second-order valence-electron chi connectivity index (χ2n) is 4.25. The molecule has 2 aromatic rings. The predicted molar refractivity (Wildman–Crippen MR) is 67.5 cm³/mol. The molecular formula is C12H12F3N3O3. The molecule has 9 heteroatoms. The molecule has 0 bridgehead atoms. The number of nitrogens with two attached hydrogens (primary N) is 1. The number of alkyl halides is 3. The van der Waals surface area contributed by atoms with Gasteiger partial charge in [-0.1, -0.05) is 0 Å². The first-order valence-corrected chi connectivity index (χ1v) is 5.84. The number of anilines is 1. The van der Waals surface area contributed by atoms with Crippen molar-refractivity contribution in [2.75, 3.05) is 19.0 Å². The number of hydrogen-bond donors (Lipinski definition) is 2. The SMILES string of the molecule is COCC(N)C(=O)Nc1ccc2oc(C(F)(F)F)nc2c1. The Balaban J connectivity index is 2.21. The van der Waals surface area contributed by atoms with Crippen LogP contribution in [0, 0.1) is 0 Å². The van der Waals surface area contributed by atoms with Crippen LogP contribution in [-0.2, 0) is 15.7 Å². The van der Waals surface area contributed by atoms with Gasteiger partial charge in [0, 0.05) is 12.8 Å². The quantitative estimate of drug-likeness (QED) is 0.898. The van der Waals surface area contributed by atoms with Crippen molar-refractivity contribution in [3.05, 3.63) is 24.1 Å². The number of oxazole rings is 1. The summed E-state index contributed by atoms with van der Waals surface area (Å²) >= 11 is 0. The highest BCUT2D eigenvalue weighted by molar-refractivity contribution is 5.96. The van der Waals surface area contributed by atoms with Crippen molar-refractivity contribution in [2.24, 2.45) is 5.73 Å². The second kappa shape index (κ2) is 5.70. The number of aromatic nitrogens is 1. The summed E-state index contributed by atoms with van der Waals surface area (Å²) in [6.07, 6.45) is -4.66. The van der Waals surface area contributed by atoms with E-state index in [1.165, 1.54) is 25.3 Å². The number of amides is 1. The Morgan fingerprint density at radius 3 is 2.86 bits per heavy atom. The second-order valence-corrected chi connectivity index (χ2v) is 4.25. The number of carbonyl (C=O) groups is 1. The van der Waals surface area contributed by atoms with Crippen LogP contribution >= 0.6 is 0 Å². The number of methoxy groups -OCH3 is 1. The average molecular weight is 303 g/mol. The van der Waals surface area contributed by atoms with E-state index in [4.69, 9.17) is 10.5 Å². The van der Waals surface area contributed by atoms with Crippen LogP contribution in [0.25, 0.3) is 11.1 Å². The van der Waals surface area contributed by atoms with Gasteiger partial charge in [0.15, 0.2) is 5.58 Å². The lowest BCUT2D eigenvalue weighted by Crippen LogP contribution is -2.39. The fraction of sp³-hybridized carbons (Fsp3) is 0.333. The summed E-state index contributed by atoms with van der Waals surface area (Å²) in [5.74, 6) is -1.85. The minimum atomic E-state index is -4.66. The maximum atomic E-state index is 12.5. The van der Waals surface area contributed by atoms with Crippen LogP contribution in [0.2, 0.25) is 0 Å². The van der Waals surface area contributed by atoms with Gasteiger partial charge in [0.05, 0.1) is 6.61 Å². The number of fused-ring (bicyclic) bond motifs is 1. The van der Waals surface area contributed by atoms with E-state index in [0.29, 0.717) is 0 Å². The minimum absolute atomic E-state index is 0.0135. The first kappa shape index (κ1) is 15.3. The van der Waals surface area contributed by atoms with Gasteiger partial charge in [0.25, 0.3) is 0 Å². The van der Waals surface area contributed by atoms with E-state index >= 15 is 0 Å². The molecule has 0 aliphatic heterocycles. The van der Waals surface area contributed by atoms with Gasteiger partial charge < -0.3 is 20.2 Å². The van der Waals surface area contributed by atoms with Crippen molar-refractivity contribution >= 4 is 22.7 Å². The van der Waals surface area contributed by atoms with Gasteiger partial charge in [-0.15, -0.1) is 0 Å².